The highest BCUT2D eigenvalue weighted by Gasteiger charge is 2.34. The van der Waals surface area contributed by atoms with Crippen molar-refractivity contribution in [2.45, 2.75) is 12.5 Å². The first-order valence-corrected chi connectivity index (χ1v) is 10.1. The van der Waals surface area contributed by atoms with Gasteiger partial charge in [0.15, 0.2) is 0 Å². The second-order valence-corrected chi connectivity index (χ2v) is 7.46. The molecule has 0 saturated carbocycles. The average molecular weight is 426 g/mol. The van der Waals surface area contributed by atoms with Crippen molar-refractivity contribution < 1.29 is 13.9 Å². The van der Waals surface area contributed by atoms with Gasteiger partial charge in [0.2, 0.25) is 0 Å². The topological polar surface area (TPSA) is 67.7 Å². The van der Waals surface area contributed by atoms with E-state index in [0.29, 0.717) is 12.2 Å². The zero-order valence-electron chi connectivity index (χ0n) is 17.3. The molecule has 0 aliphatic carbocycles. The van der Waals surface area contributed by atoms with Crippen LogP contribution >= 0.6 is 0 Å². The fourth-order valence-corrected chi connectivity index (χ4v) is 3.88. The van der Waals surface area contributed by atoms with Crippen LogP contribution in [0.15, 0.2) is 84.2 Å². The second-order valence-electron chi connectivity index (χ2n) is 7.46. The lowest BCUT2D eigenvalue weighted by molar-refractivity contribution is 0.0710. The number of nitrogens with zero attached hydrogens (tertiary/aromatic N) is 4. The van der Waals surface area contributed by atoms with E-state index in [1.54, 1.807) is 25.6 Å². The van der Waals surface area contributed by atoms with Crippen molar-refractivity contribution in [3.63, 3.8) is 0 Å². The normalized spacial score (nSPS) is 15.6. The number of hydrogen-bond donors (Lipinski definition) is 0. The number of aromatic nitrogens is 2. The Morgan fingerprint density at radius 1 is 1.00 bits per heavy atom. The minimum Gasteiger partial charge on any atom is -0.497 e. The van der Waals surface area contributed by atoms with Gasteiger partial charge in [0.25, 0.3) is 5.91 Å². The van der Waals surface area contributed by atoms with E-state index in [1.807, 2.05) is 42.5 Å². The molecule has 5 rings (SSSR count). The van der Waals surface area contributed by atoms with E-state index >= 15 is 0 Å². The Labute approximate surface area is 184 Å². The molecule has 0 radical (unpaired) electrons. The number of benzene rings is 3. The molecular formula is C25H19FN4O2. The summed E-state index contributed by atoms with van der Waals surface area (Å²) in [5.41, 5.74) is 4.24. The van der Waals surface area contributed by atoms with Gasteiger partial charge in [-0.2, -0.15) is 5.10 Å². The molecule has 1 aliphatic rings. The van der Waals surface area contributed by atoms with Gasteiger partial charge in [-0.05, 0) is 48.0 Å². The Morgan fingerprint density at radius 3 is 2.62 bits per heavy atom. The van der Waals surface area contributed by atoms with Crippen LogP contribution in [0.4, 0.5) is 4.39 Å². The van der Waals surface area contributed by atoms with Gasteiger partial charge < -0.3 is 4.74 Å². The molecule has 7 heteroatoms. The number of hydrogen-bond acceptors (Lipinski definition) is 5. The Hall–Kier alpha value is -4.13. The second kappa shape index (κ2) is 8.19. The number of carbonyl (C=O) groups excluding carboxylic acids is 1. The first-order valence-electron chi connectivity index (χ1n) is 10.1. The lowest BCUT2D eigenvalue weighted by Crippen LogP contribution is -2.27. The van der Waals surface area contributed by atoms with Crippen LogP contribution < -0.4 is 4.74 Å². The van der Waals surface area contributed by atoms with Gasteiger partial charge in [-0.15, -0.1) is 0 Å². The maximum atomic E-state index is 13.8. The molecule has 0 saturated heterocycles. The quantitative estimate of drug-likeness (QED) is 0.472. The molecule has 1 amide bonds. The molecule has 32 heavy (non-hydrogen) atoms. The van der Waals surface area contributed by atoms with Crippen LogP contribution in [0.25, 0.3) is 11.0 Å². The van der Waals surface area contributed by atoms with Crippen LogP contribution in [0.2, 0.25) is 0 Å². The summed E-state index contributed by atoms with van der Waals surface area (Å²) < 4.78 is 19.1. The monoisotopic (exact) mass is 426 g/mol. The summed E-state index contributed by atoms with van der Waals surface area (Å²) in [7, 11) is 1.61. The fourth-order valence-electron chi connectivity index (χ4n) is 3.88. The maximum Gasteiger partial charge on any atom is 0.274 e. The van der Waals surface area contributed by atoms with E-state index in [2.05, 4.69) is 15.1 Å². The average Bonchev–Trinajstić information content (AvgIpc) is 3.29. The van der Waals surface area contributed by atoms with Crippen molar-refractivity contribution >= 4 is 22.7 Å². The van der Waals surface area contributed by atoms with Crippen molar-refractivity contribution in [3.8, 4) is 5.75 Å². The number of ether oxygens (including phenoxy) is 1. The van der Waals surface area contributed by atoms with Gasteiger partial charge in [0, 0.05) is 29.9 Å². The Balaban J connectivity index is 1.58. The molecule has 158 valence electrons. The van der Waals surface area contributed by atoms with E-state index in [4.69, 9.17) is 4.74 Å². The lowest BCUT2D eigenvalue weighted by atomic mass is 9.97. The van der Waals surface area contributed by atoms with Crippen molar-refractivity contribution in [3.05, 3.63) is 102 Å². The van der Waals surface area contributed by atoms with Gasteiger partial charge in [-0.3, -0.25) is 14.8 Å². The number of halogens is 1. The van der Waals surface area contributed by atoms with Gasteiger partial charge in [0.1, 0.15) is 11.6 Å². The SMILES string of the molecule is COc1cccc(C2=NN(C(=O)c3cccc(F)c3)C(c3ccc4nccnc4c3)C2)c1. The number of amides is 1. The van der Waals surface area contributed by atoms with Crippen molar-refractivity contribution in [2.75, 3.05) is 7.11 Å². The Bertz CT molecular complexity index is 1350. The standard InChI is InChI=1S/C25H19FN4O2/c1-32-20-7-3-4-16(13-20)22-15-24(17-8-9-21-23(14-17)28-11-10-27-21)30(29-22)25(31)18-5-2-6-19(26)12-18/h2-14,24H,15H2,1H3. The van der Waals surface area contributed by atoms with E-state index in [1.165, 1.54) is 23.2 Å². The highest BCUT2D eigenvalue weighted by Crippen LogP contribution is 2.35. The smallest absolute Gasteiger partial charge is 0.274 e. The van der Waals surface area contributed by atoms with E-state index in [9.17, 15) is 9.18 Å². The van der Waals surface area contributed by atoms with Crippen LogP contribution in [0.5, 0.6) is 5.75 Å². The molecule has 0 spiro atoms. The van der Waals surface area contributed by atoms with Gasteiger partial charge in [-0.25, -0.2) is 9.40 Å². The van der Waals surface area contributed by atoms with Crippen molar-refractivity contribution in [2.24, 2.45) is 5.10 Å². The lowest BCUT2D eigenvalue weighted by Gasteiger charge is -2.22. The molecule has 1 unspecified atom stereocenters. The first kappa shape index (κ1) is 19.8. The summed E-state index contributed by atoms with van der Waals surface area (Å²) in [6.45, 7) is 0. The minimum absolute atomic E-state index is 0.242. The molecule has 2 heterocycles. The zero-order valence-corrected chi connectivity index (χ0v) is 17.3. The minimum atomic E-state index is -0.468. The fraction of sp³-hybridized carbons (Fsp3) is 0.120. The summed E-state index contributed by atoms with van der Waals surface area (Å²) in [5, 5.41) is 6.10. The molecule has 1 aromatic heterocycles. The highest BCUT2D eigenvalue weighted by atomic mass is 19.1. The van der Waals surface area contributed by atoms with Crippen LogP contribution in [0.1, 0.15) is 33.9 Å². The van der Waals surface area contributed by atoms with E-state index < -0.39 is 5.82 Å². The van der Waals surface area contributed by atoms with Crippen LogP contribution in [0.3, 0.4) is 0 Å². The zero-order chi connectivity index (χ0) is 22.1. The molecule has 0 N–H and O–H groups in total. The number of fused-ring (bicyclic) bond motifs is 1. The summed E-state index contributed by atoms with van der Waals surface area (Å²) in [5.74, 6) is -0.131. The number of rotatable bonds is 4. The predicted octanol–water partition coefficient (Wildman–Crippen LogP) is 4.77. The third-order valence-electron chi connectivity index (χ3n) is 5.47. The van der Waals surface area contributed by atoms with Crippen LogP contribution in [0, 0.1) is 5.82 Å². The Kier molecular flexibility index (Phi) is 5.07. The molecule has 1 atom stereocenters. The van der Waals surface area contributed by atoms with Crippen molar-refractivity contribution in [1.29, 1.82) is 0 Å². The van der Waals surface area contributed by atoms with Crippen LogP contribution in [-0.2, 0) is 0 Å². The maximum absolute atomic E-state index is 13.8. The van der Waals surface area contributed by atoms with Gasteiger partial charge >= 0.3 is 0 Å². The number of carbonyl (C=O) groups is 1. The molecule has 3 aromatic carbocycles. The van der Waals surface area contributed by atoms with E-state index in [0.717, 1.165) is 27.9 Å². The van der Waals surface area contributed by atoms with E-state index in [-0.39, 0.29) is 17.5 Å². The molecule has 6 nitrogen and oxygen atoms in total. The predicted molar refractivity (Wildman–Crippen MR) is 119 cm³/mol. The van der Waals surface area contributed by atoms with Gasteiger partial charge in [0.05, 0.1) is 29.9 Å². The molecule has 0 bridgehead atoms. The van der Waals surface area contributed by atoms with Crippen molar-refractivity contribution in [1.82, 2.24) is 15.0 Å². The van der Waals surface area contributed by atoms with Gasteiger partial charge in [-0.1, -0.05) is 24.3 Å². The summed E-state index contributed by atoms with van der Waals surface area (Å²) >= 11 is 0. The molecular weight excluding hydrogens is 407 g/mol. The highest BCUT2D eigenvalue weighted by molar-refractivity contribution is 6.05. The first-order chi connectivity index (χ1) is 15.6. The number of hydrazone groups is 1. The Morgan fingerprint density at radius 2 is 1.81 bits per heavy atom. The summed E-state index contributed by atoms with van der Waals surface area (Å²) in [6.07, 6.45) is 3.77. The molecule has 4 aromatic rings. The summed E-state index contributed by atoms with van der Waals surface area (Å²) in [4.78, 5) is 22.0. The molecule has 1 aliphatic heterocycles. The third kappa shape index (κ3) is 3.69. The number of methoxy groups -OCH3 is 1. The van der Waals surface area contributed by atoms with Crippen LogP contribution in [-0.4, -0.2) is 33.7 Å². The third-order valence-corrected chi connectivity index (χ3v) is 5.47. The summed E-state index contributed by atoms with van der Waals surface area (Å²) in [6, 6.07) is 18.6. The largest absolute Gasteiger partial charge is 0.497 e. The molecule has 0 fully saturated rings.